The minimum absolute atomic E-state index is 0.0308. The number of aryl methyl sites for hydroxylation is 1. The molecule has 0 radical (unpaired) electrons. The predicted molar refractivity (Wildman–Crippen MR) is 142 cm³/mol. The quantitative estimate of drug-likeness (QED) is 0.232. The molecule has 0 saturated heterocycles. The van der Waals surface area contributed by atoms with E-state index in [-0.39, 0.29) is 6.42 Å². The Morgan fingerprint density at radius 1 is 1.03 bits per heavy atom. The second-order valence-electron chi connectivity index (χ2n) is 9.31. The van der Waals surface area contributed by atoms with Crippen molar-refractivity contribution in [3.63, 3.8) is 0 Å². The molecule has 1 unspecified atom stereocenters. The smallest absolute Gasteiger partial charge is 0.307 e. The third kappa shape index (κ3) is 9.45. The summed E-state index contributed by atoms with van der Waals surface area (Å²) < 4.78 is 0. The zero-order valence-electron chi connectivity index (χ0n) is 21.8. The fourth-order valence-electron chi connectivity index (χ4n) is 4.40. The molecule has 0 bridgehead atoms. The molecule has 182 valence electrons. The Kier molecular flexibility index (Phi) is 12.6. The fraction of sp³-hybridized carbons (Fsp3) is 0.500. The molecule has 1 atom stereocenters. The van der Waals surface area contributed by atoms with Gasteiger partial charge in [0.2, 0.25) is 0 Å². The first-order chi connectivity index (χ1) is 15.6. The number of hydrogen-bond donors (Lipinski definition) is 2. The zero-order valence-corrected chi connectivity index (χ0v) is 21.8. The third-order valence-corrected chi connectivity index (χ3v) is 5.92. The van der Waals surface area contributed by atoms with Crippen LogP contribution in [-0.4, -0.2) is 16.2 Å². The summed E-state index contributed by atoms with van der Waals surface area (Å²) in [5, 5.41) is 20.5. The number of allylic oxidation sites excluding steroid dienone is 7. The van der Waals surface area contributed by atoms with Crippen LogP contribution in [0.2, 0.25) is 0 Å². The molecule has 3 nitrogen and oxygen atoms in total. The zero-order chi connectivity index (χ0) is 25.0. The van der Waals surface area contributed by atoms with Crippen molar-refractivity contribution in [1.29, 1.82) is 0 Å². The highest BCUT2D eigenvalue weighted by Gasteiger charge is 2.17. The van der Waals surface area contributed by atoms with Crippen LogP contribution in [-0.2, 0) is 4.79 Å². The fourth-order valence-corrected chi connectivity index (χ4v) is 4.40. The van der Waals surface area contributed by atoms with E-state index in [1.807, 2.05) is 58.1 Å². The van der Waals surface area contributed by atoms with Crippen molar-refractivity contribution in [2.75, 3.05) is 0 Å². The van der Waals surface area contributed by atoms with Crippen LogP contribution in [0.5, 0.6) is 5.75 Å². The number of phenolic OH excluding ortho intramolecular Hbond substituents is 1. The van der Waals surface area contributed by atoms with Crippen molar-refractivity contribution in [3.05, 3.63) is 69.8 Å². The molecule has 1 aromatic carbocycles. The average molecular weight is 453 g/mol. The van der Waals surface area contributed by atoms with Gasteiger partial charge in [-0.25, -0.2) is 0 Å². The maximum atomic E-state index is 11.4. The molecule has 0 spiro atoms. The second kappa shape index (κ2) is 14.6. The number of rotatable bonds is 13. The van der Waals surface area contributed by atoms with E-state index in [2.05, 4.69) is 26.8 Å². The van der Waals surface area contributed by atoms with E-state index in [1.165, 1.54) is 24.8 Å². The molecule has 0 fully saturated rings. The van der Waals surface area contributed by atoms with E-state index >= 15 is 0 Å². The highest BCUT2D eigenvalue weighted by atomic mass is 16.4. The lowest BCUT2D eigenvalue weighted by atomic mass is 9.86. The molecule has 0 aliphatic heterocycles. The van der Waals surface area contributed by atoms with Gasteiger partial charge in [0, 0.05) is 5.56 Å². The van der Waals surface area contributed by atoms with Crippen LogP contribution in [0.4, 0.5) is 0 Å². The van der Waals surface area contributed by atoms with Crippen LogP contribution in [0.25, 0.3) is 5.57 Å². The molecule has 0 amide bonds. The minimum atomic E-state index is -0.851. The number of unbranched alkanes of at least 4 members (excludes halogenated alkanes) is 2. The number of hydrogen-bond acceptors (Lipinski definition) is 2. The van der Waals surface area contributed by atoms with Crippen LogP contribution in [0.15, 0.2) is 53.2 Å². The number of phenols is 1. The molecule has 0 aliphatic carbocycles. The van der Waals surface area contributed by atoms with Gasteiger partial charge in [0.15, 0.2) is 0 Å². The van der Waals surface area contributed by atoms with Crippen molar-refractivity contribution >= 4 is 11.5 Å². The van der Waals surface area contributed by atoms with Gasteiger partial charge in [-0.3, -0.25) is 4.79 Å². The molecule has 0 aromatic heterocycles. The SMILES string of the molecule is C\C=C/C(=C\C(C)=C(\C=C(C)C)CC(=O)O)c1c(C)cc(C(CCC)CCCCC)cc1O. The van der Waals surface area contributed by atoms with Gasteiger partial charge in [-0.05, 0) is 87.3 Å². The number of carboxylic acids is 1. The first kappa shape index (κ1) is 28.5. The first-order valence-electron chi connectivity index (χ1n) is 12.4. The molecular formula is C30H44O3. The van der Waals surface area contributed by atoms with Gasteiger partial charge >= 0.3 is 5.97 Å². The molecule has 0 heterocycles. The molecule has 33 heavy (non-hydrogen) atoms. The molecule has 0 saturated carbocycles. The maximum Gasteiger partial charge on any atom is 0.307 e. The standard InChI is InChI=1S/C30H44O3/c1-8-11-12-15-24(13-9-2)27-18-23(7)30(28(31)19-27)25(14-10-3)17-22(6)26(16-21(4)5)20-29(32)33/h10,14,16-19,24,31H,8-9,11-13,15,20H2,1-7H3,(H,32,33)/b14-10-,25-17+,26-22-. The lowest BCUT2D eigenvalue weighted by Gasteiger charge is -2.20. The molecule has 2 N–H and O–H groups in total. The van der Waals surface area contributed by atoms with Gasteiger partial charge in [-0.15, -0.1) is 0 Å². The van der Waals surface area contributed by atoms with Crippen molar-refractivity contribution in [2.24, 2.45) is 0 Å². The van der Waals surface area contributed by atoms with E-state index in [9.17, 15) is 15.0 Å². The topological polar surface area (TPSA) is 57.5 Å². The molecule has 1 aromatic rings. The summed E-state index contributed by atoms with van der Waals surface area (Å²) in [5.41, 5.74) is 6.68. The highest BCUT2D eigenvalue weighted by Crippen LogP contribution is 2.37. The lowest BCUT2D eigenvalue weighted by Crippen LogP contribution is -2.02. The van der Waals surface area contributed by atoms with E-state index in [0.29, 0.717) is 11.7 Å². The van der Waals surface area contributed by atoms with E-state index < -0.39 is 5.97 Å². The van der Waals surface area contributed by atoms with Gasteiger partial charge in [-0.2, -0.15) is 0 Å². The largest absolute Gasteiger partial charge is 0.507 e. The van der Waals surface area contributed by atoms with Crippen molar-refractivity contribution in [1.82, 2.24) is 0 Å². The van der Waals surface area contributed by atoms with Crippen LogP contribution in [0, 0.1) is 6.92 Å². The van der Waals surface area contributed by atoms with E-state index in [4.69, 9.17) is 0 Å². The van der Waals surface area contributed by atoms with Gasteiger partial charge in [0.25, 0.3) is 0 Å². The highest BCUT2D eigenvalue weighted by molar-refractivity contribution is 5.82. The van der Waals surface area contributed by atoms with Crippen molar-refractivity contribution < 1.29 is 15.0 Å². The number of carboxylic acid groups (broad SMARTS) is 1. The van der Waals surface area contributed by atoms with E-state index in [1.54, 1.807) is 0 Å². The Balaban J connectivity index is 3.53. The van der Waals surface area contributed by atoms with Crippen LogP contribution >= 0.6 is 0 Å². The molecule has 0 aliphatic rings. The monoisotopic (exact) mass is 452 g/mol. The molecule has 3 heteroatoms. The second-order valence-corrected chi connectivity index (χ2v) is 9.31. The molecule has 1 rings (SSSR count). The van der Waals surface area contributed by atoms with E-state index in [0.717, 1.165) is 52.7 Å². The summed E-state index contributed by atoms with van der Waals surface area (Å²) >= 11 is 0. The Bertz CT molecular complexity index is 885. The number of aliphatic carboxylic acids is 1. The summed E-state index contributed by atoms with van der Waals surface area (Å²) in [7, 11) is 0. The Labute approximate surface area is 201 Å². The number of aromatic hydroxyl groups is 1. The first-order valence-corrected chi connectivity index (χ1v) is 12.4. The summed E-state index contributed by atoms with van der Waals surface area (Å²) in [6.07, 6.45) is 14.9. The predicted octanol–water partition coefficient (Wildman–Crippen LogP) is 8.88. The van der Waals surface area contributed by atoms with Crippen LogP contribution in [0.1, 0.15) is 109 Å². The lowest BCUT2D eigenvalue weighted by molar-refractivity contribution is -0.136. The Morgan fingerprint density at radius 2 is 1.73 bits per heavy atom. The Hall–Kier alpha value is -2.55. The van der Waals surface area contributed by atoms with Crippen LogP contribution in [0.3, 0.4) is 0 Å². The summed E-state index contributed by atoms with van der Waals surface area (Å²) in [6.45, 7) is 14.3. The van der Waals surface area contributed by atoms with Gasteiger partial charge in [0.1, 0.15) is 5.75 Å². The summed E-state index contributed by atoms with van der Waals surface area (Å²) in [4.78, 5) is 11.4. The Morgan fingerprint density at radius 3 is 2.24 bits per heavy atom. The van der Waals surface area contributed by atoms with Crippen molar-refractivity contribution in [3.8, 4) is 5.75 Å². The normalized spacial score (nSPS) is 13.7. The summed E-state index contributed by atoms with van der Waals surface area (Å²) in [5.74, 6) is -0.0900. The average Bonchev–Trinajstić information content (AvgIpc) is 2.71. The number of carbonyl (C=O) groups is 1. The maximum absolute atomic E-state index is 11.4. The van der Waals surface area contributed by atoms with Crippen molar-refractivity contribution in [2.45, 2.75) is 99.3 Å². The van der Waals surface area contributed by atoms with Gasteiger partial charge in [0.05, 0.1) is 6.42 Å². The van der Waals surface area contributed by atoms with Gasteiger partial charge in [-0.1, -0.05) is 75.5 Å². The minimum Gasteiger partial charge on any atom is -0.507 e. The summed E-state index contributed by atoms with van der Waals surface area (Å²) in [6, 6.07) is 4.17. The van der Waals surface area contributed by atoms with Crippen LogP contribution < -0.4 is 0 Å². The third-order valence-electron chi connectivity index (χ3n) is 5.92. The van der Waals surface area contributed by atoms with Gasteiger partial charge < -0.3 is 10.2 Å². The number of benzene rings is 1. The molecular weight excluding hydrogens is 408 g/mol.